The summed E-state index contributed by atoms with van der Waals surface area (Å²) < 4.78 is 26.1. The van der Waals surface area contributed by atoms with E-state index >= 15 is 0 Å². The topological polar surface area (TPSA) is 51.3 Å². The van der Waals surface area contributed by atoms with Crippen LogP contribution in [0, 0.1) is 5.92 Å². The van der Waals surface area contributed by atoms with Gasteiger partial charge in [-0.1, -0.05) is 6.07 Å². The van der Waals surface area contributed by atoms with Gasteiger partial charge < -0.3 is 5.73 Å². The van der Waals surface area contributed by atoms with Crippen LogP contribution in [-0.2, 0) is 6.42 Å². The van der Waals surface area contributed by atoms with E-state index in [1.807, 2.05) is 44.2 Å². The predicted molar refractivity (Wildman–Crippen MR) is 114 cm³/mol. The zero-order chi connectivity index (χ0) is 19.9. The minimum Gasteiger partial charge on any atom is -0.398 e. The van der Waals surface area contributed by atoms with Crippen LogP contribution in [0.5, 0.6) is 0 Å². The molecule has 0 radical (unpaired) electrons. The lowest BCUT2D eigenvalue weighted by molar-refractivity contribution is -0.109. The van der Waals surface area contributed by atoms with Crippen LogP contribution < -0.4 is 5.73 Å². The van der Waals surface area contributed by atoms with Crippen LogP contribution in [0.25, 0.3) is 21.5 Å². The molecular weight excluding hydrogens is 376 g/mol. The summed E-state index contributed by atoms with van der Waals surface area (Å²) in [4.78, 5) is 11.3. The third kappa shape index (κ3) is 4.07. The van der Waals surface area contributed by atoms with Gasteiger partial charge in [0.05, 0.1) is 5.69 Å². The molecule has 1 aliphatic rings. The second-order valence-electron chi connectivity index (χ2n) is 7.85. The molecule has 0 aliphatic heterocycles. The first kappa shape index (κ1) is 19.0. The van der Waals surface area contributed by atoms with Gasteiger partial charge in [-0.2, -0.15) is 0 Å². The fraction of sp³-hybridized carbons (Fsp3) is 0.364. The molecule has 0 saturated heterocycles. The fourth-order valence-electron chi connectivity index (χ4n) is 3.52. The normalized spacial score (nSPS) is 16.9. The molecule has 0 amide bonds. The van der Waals surface area contributed by atoms with Gasteiger partial charge in [0.15, 0.2) is 0 Å². The third-order valence-corrected chi connectivity index (χ3v) is 6.06. The Morgan fingerprint density at radius 2 is 2.04 bits per heavy atom. The molecule has 0 spiro atoms. The van der Waals surface area contributed by atoms with Crippen LogP contribution in [0.15, 0.2) is 41.4 Å². The van der Waals surface area contributed by atoms with Crippen molar-refractivity contribution in [1.82, 2.24) is 4.98 Å². The maximum atomic E-state index is 13.1. The first-order valence-electron chi connectivity index (χ1n) is 9.49. The van der Waals surface area contributed by atoms with Crippen molar-refractivity contribution in [3.8, 4) is 11.3 Å². The molecular formula is C22H23F2N3S. The number of nitrogens with zero attached hydrogens (tertiary/aromatic N) is 2. The largest absolute Gasteiger partial charge is 0.398 e. The van der Waals surface area contributed by atoms with Crippen molar-refractivity contribution in [2.75, 3.05) is 5.73 Å². The van der Waals surface area contributed by atoms with Gasteiger partial charge in [-0.25, -0.2) is 13.8 Å². The molecule has 28 heavy (non-hydrogen) atoms. The van der Waals surface area contributed by atoms with Gasteiger partial charge in [0, 0.05) is 52.2 Å². The number of fused-ring (bicyclic) bond motifs is 1. The molecule has 0 unspecified atom stereocenters. The summed E-state index contributed by atoms with van der Waals surface area (Å²) in [5.41, 5.74) is 9.49. The van der Waals surface area contributed by atoms with E-state index < -0.39 is 5.92 Å². The number of aliphatic imine (C=N–C) groups is 1. The number of benzene rings is 1. The van der Waals surface area contributed by atoms with Gasteiger partial charge in [-0.05, 0) is 56.5 Å². The van der Waals surface area contributed by atoms with Crippen LogP contribution >= 0.6 is 11.3 Å². The van der Waals surface area contributed by atoms with Gasteiger partial charge in [-0.15, -0.1) is 11.3 Å². The van der Waals surface area contributed by atoms with E-state index in [2.05, 4.69) is 11.1 Å². The number of nitrogen functional groups attached to an aromatic ring is 1. The van der Waals surface area contributed by atoms with E-state index in [0.717, 1.165) is 31.9 Å². The number of thiophene rings is 1. The number of hydrogen-bond acceptors (Lipinski definition) is 4. The van der Waals surface area contributed by atoms with Crippen molar-refractivity contribution in [2.45, 2.75) is 45.1 Å². The molecule has 1 fully saturated rings. The van der Waals surface area contributed by atoms with Crippen LogP contribution in [0.3, 0.4) is 0 Å². The van der Waals surface area contributed by atoms with Gasteiger partial charge in [0.2, 0.25) is 5.92 Å². The Bertz CT molecular complexity index is 1030. The van der Waals surface area contributed by atoms with Crippen molar-refractivity contribution in [3.63, 3.8) is 0 Å². The average molecular weight is 400 g/mol. The van der Waals surface area contributed by atoms with Gasteiger partial charge >= 0.3 is 0 Å². The Morgan fingerprint density at radius 3 is 2.75 bits per heavy atom. The summed E-state index contributed by atoms with van der Waals surface area (Å²) in [5, 5.41) is 1.06. The molecule has 4 rings (SSSR count). The Labute approximate surface area is 167 Å². The fourth-order valence-corrected chi connectivity index (χ4v) is 4.66. The van der Waals surface area contributed by atoms with Crippen molar-refractivity contribution in [1.29, 1.82) is 0 Å². The lowest BCUT2D eigenvalue weighted by Crippen LogP contribution is -2.36. The van der Waals surface area contributed by atoms with Gasteiger partial charge in [-0.3, -0.25) is 4.99 Å². The van der Waals surface area contributed by atoms with E-state index in [1.165, 1.54) is 0 Å². The van der Waals surface area contributed by atoms with Crippen LogP contribution in [0.1, 0.15) is 37.1 Å². The standard InChI is InChI=1S/C22H23F2N3S/c1-13(2)26-12-17-8-15(3-5-19(17)25)20-6-4-16-9-18(28-21(16)27-20)7-14-10-22(23,24)11-14/h3-6,8-9,12-14H,7,10-11,25H2,1-2H3. The molecule has 1 saturated carbocycles. The SMILES string of the molecule is CC(C)N=Cc1cc(-c2ccc3cc(CC4CC(F)(F)C4)sc3n2)ccc1N. The Balaban J connectivity index is 1.58. The molecule has 3 aromatic rings. The van der Waals surface area contributed by atoms with Crippen LogP contribution in [0.4, 0.5) is 14.5 Å². The van der Waals surface area contributed by atoms with Gasteiger partial charge in [0.1, 0.15) is 4.83 Å². The van der Waals surface area contributed by atoms with E-state index in [4.69, 9.17) is 10.7 Å². The monoisotopic (exact) mass is 399 g/mol. The number of anilines is 1. The van der Waals surface area contributed by atoms with E-state index in [-0.39, 0.29) is 24.8 Å². The summed E-state index contributed by atoms with van der Waals surface area (Å²) in [6, 6.07) is 12.2. The molecule has 146 valence electrons. The Kier molecular flexibility index (Phi) is 4.91. The second-order valence-corrected chi connectivity index (χ2v) is 8.97. The number of halogens is 2. The van der Waals surface area contributed by atoms with E-state index in [0.29, 0.717) is 12.1 Å². The summed E-state index contributed by atoms with van der Waals surface area (Å²) in [5.74, 6) is -2.37. The zero-order valence-electron chi connectivity index (χ0n) is 16.0. The minimum atomic E-state index is -2.46. The third-order valence-electron chi connectivity index (χ3n) is 4.99. The molecule has 1 aromatic carbocycles. The van der Waals surface area contributed by atoms with Crippen molar-refractivity contribution < 1.29 is 8.78 Å². The lowest BCUT2D eigenvalue weighted by Gasteiger charge is -2.34. The second kappa shape index (κ2) is 7.24. The lowest BCUT2D eigenvalue weighted by atomic mass is 9.79. The first-order chi connectivity index (χ1) is 13.3. The molecule has 3 nitrogen and oxygen atoms in total. The summed E-state index contributed by atoms with van der Waals surface area (Å²) in [6.45, 7) is 4.04. The molecule has 1 aliphatic carbocycles. The highest BCUT2D eigenvalue weighted by molar-refractivity contribution is 7.18. The highest BCUT2D eigenvalue weighted by atomic mass is 32.1. The molecule has 2 heterocycles. The maximum Gasteiger partial charge on any atom is 0.248 e. The molecule has 0 atom stereocenters. The van der Waals surface area contributed by atoms with Crippen molar-refractivity contribution in [2.24, 2.45) is 10.9 Å². The smallest absolute Gasteiger partial charge is 0.248 e. The summed E-state index contributed by atoms with van der Waals surface area (Å²) in [6.07, 6.45) is 2.53. The summed E-state index contributed by atoms with van der Waals surface area (Å²) in [7, 11) is 0. The minimum absolute atomic E-state index is 0.00602. The van der Waals surface area contributed by atoms with E-state index in [9.17, 15) is 8.78 Å². The van der Waals surface area contributed by atoms with Crippen molar-refractivity contribution in [3.05, 3.63) is 46.8 Å². The highest BCUT2D eigenvalue weighted by Gasteiger charge is 2.45. The first-order valence-corrected chi connectivity index (χ1v) is 10.3. The number of aromatic nitrogens is 1. The average Bonchev–Trinajstić information content (AvgIpc) is 3.00. The maximum absolute atomic E-state index is 13.1. The number of hydrogen-bond donors (Lipinski definition) is 1. The number of rotatable bonds is 5. The van der Waals surface area contributed by atoms with Gasteiger partial charge in [0.25, 0.3) is 0 Å². The Hall–Kier alpha value is -2.34. The molecule has 2 N–H and O–H groups in total. The number of pyridine rings is 1. The summed E-state index contributed by atoms with van der Waals surface area (Å²) >= 11 is 1.60. The number of alkyl halides is 2. The molecule has 0 bridgehead atoms. The van der Waals surface area contributed by atoms with Crippen LogP contribution in [-0.4, -0.2) is 23.2 Å². The van der Waals surface area contributed by atoms with Crippen molar-refractivity contribution >= 4 is 33.5 Å². The zero-order valence-corrected chi connectivity index (χ0v) is 16.8. The highest BCUT2D eigenvalue weighted by Crippen LogP contribution is 2.44. The molecule has 6 heteroatoms. The number of nitrogens with two attached hydrogens (primary N) is 1. The molecule has 2 aromatic heterocycles. The quantitative estimate of drug-likeness (QED) is 0.425. The van der Waals surface area contributed by atoms with Crippen LogP contribution in [0.2, 0.25) is 0 Å². The Morgan fingerprint density at radius 1 is 1.25 bits per heavy atom. The predicted octanol–water partition coefficient (Wildman–Crippen LogP) is 5.96. The van der Waals surface area contributed by atoms with E-state index in [1.54, 1.807) is 17.6 Å².